The molecule has 0 bridgehead atoms. The van der Waals surface area contributed by atoms with E-state index in [-0.39, 0.29) is 43.7 Å². The Morgan fingerprint density at radius 1 is 0.725 bits per heavy atom. The lowest BCUT2D eigenvalue weighted by Gasteiger charge is -2.19. The molecular weight excluding hydrogens is 524 g/mol. The monoisotopic (exact) mass is 558 g/mol. The molecule has 1 unspecified atom stereocenters. The van der Waals surface area contributed by atoms with Crippen molar-refractivity contribution in [3.8, 4) is 0 Å². The molecule has 2 rings (SSSR count). The Morgan fingerprint density at radius 3 is 2.00 bits per heavy atom. The highest BCUT2D eigenvalue weighted by molar-refractivity contribution is 6.12. The molecule has 6 N–H and O–H groups in total. The molecule has 216 valence electrons. The molecule has 0 fully saturated rings. The Labute approximate surface area is 230 Å². The Bertz CT molecular complexity index is 1090. The number of carbonyl (C=O) groups excluding carboxylic acids is 7. The van der Waals surface area contributed by atoms with E-state index in [1.807, 2.05) is 0 Å². The molecule has 14 nitrogen and oxygen atoms in total. The van der Waals surface area contributed by atoms with Crippen molar-refractivity contribution in [1.82, 2.24) is 31.5 Å². The van der Waals surface area contributed by atoms with Crippen LogP contribution in [0.2, 0.25) is 0 Å². The second-order valence-electron chi connectivity index (χ2n) is 8.81. The van der Waals surface area contributed by atoms with E-state index >= 15 is 0 Å². The van der Waals surface area contributed by atoms with Gasteiger partial charge in [-0.3, -0.25) is 38.5 Å². The molecule has 0 radical (unpaired) electrons. The summed E-state index contributed by atoms with van der Waals surface area (Å²) in [5.74, 6) is -3.55. The standard InChI is InChI=1S/C26H34N6O8/c33-17-30-22(36)15-29-26(40)19(13-18-7-3-1-4-8-18)31-23(37)16-28-21(35)14-27-20(34)9-5-2-6-12-32-24(38)10-11-25(32)39/h1,3-4,7-8,10-11,19,33H,2,5-6,9,12-17H2,(H,27,34)(H,28,35)(H,29,40)(H,30,36)(H,31,37). The zero-order valence-electron chi connectivity index (χ0n) is 21.9. The minimum Gasteiger partial charge on any atom is -0.376 e. The molecule has 1 aliphatic heterocycles. The lowest BCUT2D eigenvalue weighted by molar-refractivity contribution is -0.137. The Kier molecular flexibility index (Phi) is 13.5. The highest BCUT2D eigenvalue weighted by Gasteiger charge is 2.23. The zero-order valence-corrected chi connectivity index (χ0v) is 21.9. The molecule has 7 amide bonds. The fourth-order valence-electron chi connectivity index (χ4n) is 3.64. The van der Waals surface area contributed by atoms with Crippen LogP contribution in [-0.4, -0.2) is 90.3 Å². The minimum absolute atomic E-state index is 0.131. The quantitative estimate of drug-likeness (QED) is 0.0690. The van der Waals surface area contributed by atoms with Gasteiger partial charge in [-0.05, 0) is 18.4 Å². The van der Waals surface area contributed by atoms with E-state index in [4.69, 9.17) is 5.11 Å². The average Bonchev–Trinajstić information content (AvgIpc) is 3.26. The number of benzene rings is 1. The van der Waals surface area contributed by atoms with Crippen molar-refractivity contribution in [3.05, 3.63) is 48.0 Å². The number of imide groups is 1. The van der Waals surface area contributed by atoms with Crippen LogP contribution in [-0.2, 0) is 40.0 Å². The predicted octanol–water partition coefficient (Wildman–Crippen LogP) is -2.39. The number of rotatable bonds is 17. The minimum atomic E-state index is -1.04. The normalized spacial score (nSPS) is 13.0. The van der Waals surface area contributed by atoms with E-state index in [0.717, 1.165) is 10.5 Å². The summed E-state index contributed by atoms with van der Waals surface area (Å²) in [7, 11) is 0. The summed E-state index contributed by atoms with van der Waals surface area (Å²) in [6.45, 7) is -1.48. The van der Waals surface area contributed by atoms with Crippen LogP contribution < -0.4 is 26.6 Å². The predicted molar refractivity (Wildman–Crippen MR) is 141 cm³/mol. The lowest BCUT2D eigenvalue weighted by Crippen LogP contribution is -2.52. The summed E-state index contributed by atoms with van der Waals surface area (Å²) in [6, 6.07) is 7.83. The van der Waals surface area contributed by atoms with Gasteiger partial charge in [-0.15, -0.1) is 0 Å². The largest absolute Gasteiger partial charge is 0.376 e. The lowest BCUT2D eigenvalue weighted by atomic mass is 10.1. The van der Waals surface area contributed by atoms with Gasteiger partial charge in [0.15, 0.2) is 0 Å². The van der Waals surface area contributed by atoms with Crippen LogP contribution >= 0.6 is 0 Å². The van der Waals surface area contributed by atoms with Crippen LogP contribution in [0.15, 0.2) is 42.5 Å². The molecule has 0 spiro atoms. The first kappa shape index (κ1) is 31.6. The zero-order chi connectivity index (χ0) is 29.3. The second-order valence-corrected chi connectivity index (χ2v) is 8.81. The Balaban J connectivity index is 1.68. The van der Waals surface area contributed by atoms with Crippen LogP contribution in [0.25, 0.3) is 0 Å². The topological polar surface area (TPSA) is 203 Å². The van der Waals surface area contributed by atoms with Gasteiger partial charge in [0.2, 0.25) is 29.5 Å². The molecule has 1 heterocycles. The van der Waals surface area contributed by atoms with Crippen molar-refractivity contribution in [2.24, 2.45) is 0 Å². The first-order valence-electron chi connectivity index (χ1n) is 12.7. The molecule has 1 atom stereocenters. The van der Waals surface area contributed by atoms with Crippen LogP contribution in [0.1, 0.15) is 31.2 Å². The molecule has 14 heteroatoms. The van der Waals surface area contributed by atoms with Gasteiger partial charge in [-0.25, -0.2) is 0 Å². The maximum atomic E-state index is 12.6. The summed E-state index contributed by atoms with van der Waals surface area (Å²) in [5, 5.41) is 20.6. The van der Waals surface area contributed by atoms with Gasteiger partial charge in [-0.1, -0.05) is 36.8 Å². The number of aliphatic hydroxyl groups excluding tert-OH is 1. The highest BCUT2D eigenvalue weighted by atomic mass is 16.3. The fraction of sp³-hybridized carbons (Fsp3) is 0.423. The maximum absolute atomic E-state index is 12.6. The number of unbranched alkanes of at least 4 members (excludes halogenated alkanes) is 2. The molecule has 1 aliphatic rings. The number of hydrogen-bond acceptors (Lipinski definition) is 8. The van der Waals surface area contributed by atoms with E-state index in [1.165, 1.54) is 12.2 Å². The Morgan fingerprint density at radius 2 is 1.32 bits per heavy atom. The Hall–Kier alpha value is -4.59. The van der Waals surface area contributed by atoms with Crippen molar-refractivity contribution >= 4 is 41.4 Å². The summed E-state index contributed by atoms with van der Waals surface area (Å²) < 4.78 is 0. The van der Waals surface area contributed by atoms with E-state index in [2.05, 4.69) is 26.6 Å². The van der Waals surface area contributed by atoms with Crippen LogP contribution in [0.3, 0.4) is 0 Å². The SMILES string of the molecule is O=C(CCCCCN1C(=O)C=CC1=O)NCC(=O)NCC(=O)NC(Cc1ccccc1)C(=O)NCC(=O)NCO. The van der Waals surface area contributed by atoms with Crippen molar-refractivity contribution in [2.75, 3.05) is 32.9 Å². The number of amides is 7. The van der Waals surface area contributed by atoms with Crippen LogP contribution in [0.4, 0.5) is 0 Å². The molecule has 1 aromatic carbocycles. The molecular formula is C26H34N6O8. The van der Waals surface area contributed by atoms with Gasteiger partial charge in [-0.2, -0.15) is 0 Å². The third kappa shape index (κ3) is 11.9. The molecule has 0 aliphatic carbocycles. The second kappa shape index (κ2) is 17.1. The highest BCUT2D eigenvalue weighted by Crippen LogP contribution is 2.07. The molecule has 0 aromatic heterocycles. The molecule has 0 saturated heterocycles. The average molecular weight is 559 g/mol. The van der Waals surface area contributed by atoms with Crippen molar-refractivity contribution in [1.29, 1.82) is 0 Å². The fourth-order valence-corrected chi connectivity index (χ4v) is 3.64. The van der Waals surface area contributed by atoms with Crippen molar-refractivity contribution < 1.29 is 38.7 Å². The van der Waals surface area contributed by atoms with Gasteiger partial charge < -0.3 is 31.7 Å². The smallest absolute Gasteiger partial charge is 0.253 e. The third-order valence-corrected chi connectivity index (χ3v) is 5.71. The van der Waals surface area contributed by atoms with Gasteiger partial charge in [0.05, 0.1) is 19.6 Å². The van der Waals surface area contributed by atoms with Crippen molar-refractivity contribution in [3.63, 3.8) is 0 Å². The van der Waals surface area contributed by atoms with Crippen LogP contribution in [0.5, 0.6) is 0 Å². The van der Waals surface area contributed by atoms with Gasteiger partial charge >= 0.3 is 0 Å². The van der Waals surface area contributed by atoms with Gasteiger partial charge in [0.1, 0.15) is 12.8 Å². The summed E-state index contributed by atoms with van der Waals surface area (Å²) >= 11 is 0. The number of hydrogen-bond donors (Lipinski definition) is 6. The van der Waals surface area contributed by atoms with Gasteiger partial charge in [0.25, 0.3) is 11.8 Å². The first-order chi connectivity index (χ1) is 19.2. The molecule has 1 aromatic rings. The third-order valence-electron chi connectivity index (χ3n) is 5.71. The van der Waals surface area contributed by atoms with Gasteiger partial charge in [0, 0.05) is 31.5 Å². The number of aliphatic hydroxyl groups is 1. The van der Waals surface area contributed by atoms with E-state index < -0.39 is 49.5 Å². The van der Waals surface area contributed by atoms with Crippen LogP contribution in [0, 0.1) is 0 Å². The summed E-state index contributed by atoms with van der Waals surface area (Å²) in [6.07, 6.45) is 4.39. The first-order valence-corrected chi connectivity index (χ1v) is 12.7. The summed E-state index contributed by atoms with van der Waals surface area (Å²) in [5.41, 5.74) is 0.754. The van der Waals surface area contributed by atoms with E-state index in [9.17, 15) is 33.6 Å². The van der Waals surface area contributed by atoms with E-state index in [1.54, 1.807) is 30.3 Å². The molecule has 0 saturated carbocycles. The number of nitrogens with zero attached hydrogens (tertiary/aromatic N) is 1. The number of nitrogens with one attached hydrogen (secondary N) is 5. The van der Waals surface area contributed by atoms with Crippen molar-refractivity contribution in [2.45, 2.75) is 38.1 Å². The molecule has 40 heavy (non-hydrogen) atoms. The van der Waals surface area contributed by atoms with E-state index in [0.29, 0.717) is 19.3 Å². The maximum Gasteiger partial charge on any atom is 0.253 e. The summed E-state index contributed by atoms with van der Waals surface area (Å²) in [4.78, 5) is 84.6. The number of carbonyl (C=O) groups is 7.